The van der Waals surface area contributed by atoms with Crippen molar-refractivity contribution in [2.45, 2.75) is 25.7 Å². The van der Waals surface area contributed by atoms with Gasteiger partial charge in [-0.1, -0.05) is 31.0 Å². The molecule has 1 aromatic carbocycles. The van der Waals surface area contributed by atoms with Crippen LogP contribution in [0.15, 0.2) is 30.3 Å². The van der Waals surface area contributed by atoms with Gasteiger partial charge in [0.2, 0.25) is 0 Å². The van der Waals surface area contributed by atoms with Gasteiger partial charge in [-0.25, -0.2) is 10.3 Å². The van der Waals surface area contributed by atoms with E-state index < -0.39 is 0 Å². The third-order valence-electron chi connectivity index (χ3n) is 2.73. The van der Waals surface area contributed by atoms with Crippen LogP contribution in [0, 0.1) is 5.92 Å². The van der Waals surface area contributed by atoms with Crippen molar-refractivity contribution in [1.29, 1.82) is 0 Å². The number of hydrogen-bond donors (Lipinski definition) is 1. The van der Waals surface area contributed by atoms with Gasteiger partial charge in [-0.2, -0.15) is 0 Å². The van der Waals surface area contributed by atoms with Crippen LogP contribution < -0.4 is 5.48 Å². The molecule has 0 spiro atoms. The van der Waals surface area contributed by atoms with Gasteiger partial charge >= 0.3 is 5.97 Å². The predicted molar refractivity (Wildman–Crippen MR) is 58.1 cm³/mol. The molecule has 1 aromatic rings. The van der Waals surface area contributed by atoms with Crippen molar-refractivity contribution in [1.82, 2.24) is 0 Å². The van der Waals surface area contributed by atoms with Crippen LogP contribution in [0.5, 0.6) is 0 Å². The van der Waals surface area contributed by atoms with Crippen LogP contribution in [0.3, 0.4) is 0 Å². The van der Waals surface area contributed by atoms with Gasteiger partial charge in [-0.05, 0) is 25.0 Å². The number of carbonyl (C=O) groups is 1. The van der Waals surface area contributed by atoms with E-state index in [-0.39, 0.29) is 11.9 Å². The number of rotatable bonds is 3. The molecule has 0 atom stereocenters. The Hall–Kier alpha value is -1.51. The molecule has 1 fully saturated rings. The van der Waals surface area contributed by atoms with Gasteiger partial charge < -0.3 is 4.84 Å². The second kappa shape index (κ2) is 4.82. The van der Waals surface area contributed by atoms with E-state index in [9.17, 15) is 4.79 Å². The third-order valence-corrected chi connectivity index (χ3v) is 2.73. The van der Waals surface area contributed by atoms with E-state index in [4.69, 9.17) is 4.84 Å². The molecule has 0 radical (unpaired) electrons. The monoisotopic (exact) mass is 205 g/mol. The summed E-state index contributed by atoms with van der Waals surface area (Å²) in [4.78, 5) is 16.6. The van der Waals surface area contributed by atoms with Crippen LogP contribution in [0.2, 0.25) is 0 Å². The first-order chi connectivity index (χ1) is 7.36. The number of nitrogens with one attached hydrogen (secondary N) is 1. The molecule has 0 amide bonds. The van der Waals surface area contributed by atoms with Crippen molar-refractivity contribution < 1.29 is 9.63 Å². The molecule has 0 aliphatic heterocycles. The van der Waals surface area contributed by atoms with E-state index in [1.807, 2.05) is 30.3 Å². The van der Waals surface area contributed by atoms with Crippen LogP contribution in [-0.4, -0.2) is 5.97 Å². The number of carbonyl (C=O) groups excluding carboxylic acids is 1. The lowest BCUT2D eigenvalue weighted by atomic mass is 10.1. The lowest BCUT2D eigenvalue weighted by Gasteiger charge is -2.10. The first-order valence-electron chi connectivity index (χ1n) is 5.38. The lowest BCUT2D eigenvalue weighted by Crippen LogP contribution is -2.18. The smallest absolute Gasteiger partial charge is 0.335 e. The first kappa shape index (κ1) is 10.0. The van der Waals surface area contributed by atoms with Gasteiger partial charge in [0.05, 0.1) is 11.6 Å². The molecule has 2 rings (SSSR count). The Labute approximate surface area is 89.4 Å². The molecular formula is C12H15NO2. The highest BCUT2D eigenvalue weighted by atomic mass is 16.7. The fourth-order valence-electron chi connectivity index (χ4n) is 1.86. The van der Waals surface area contributed by atoms with Crippen LogP contribution in [0.4, 0.5) is 5.69 Å². The molecule has 1 aliphatic carbocycles. The van der Waals surface area contributed by atoms with Crippen LogP contribution in [0.25, 0.3) is 0 Å². The van der Waals surface area contributed by atoms with E-state index in [1.165, 1.54) is 0 Å². The fraction of sp³-hybridized carbons (Fsp3) is 0.417. The highest BCUT2D eigenvalue weighted by Crippen LogP contribution is 2.25. The Balaban J connectivity index is 1.80. The zero-order chi connectivity index (χ0) is 10.5. The number of benzene rings is 1. The largest absolute Gasteiger partial charge is 0.343 e. The minimum absolute atomic E-state index is 0.0983. The highest BCUT2D eigenvalue weighted by molar-refractivity contribution is 5.73. The molecular weight excluding hydrogens is 190 g/mol. The van der Waals surface area contributed by atoms with Gasteiger partial charge in [0.25, 0.3) is 0 Å². The van der Waals surface area contributed by atoms with Gasteiger partial charge in [0.1, 0.15) is 0 Å². The van der Waals surface area contributed by atoms with Gasteiger partial charge in [0.15, 0.2) is 0 Å². The van der Waals surface area contributed by atoms with Crippen molar-refractivity contribution in [3.63, 3.8) is 0 Å². The fourth-order valence-corrected chi connectivity index (χ4v) is 1.86. The summed E-state index contributed by atoms with van der Waals surface area (Å²) in [5.74, 6) is -0.0300. The number of hydrogen-bond acceptors (Lipinski definition) is 3. The third kappa shape index (κ3) is 2.72. The lowest BCUT2D eigenvalue weighted by molar-refractivity contribution is -0.145. The molecule has 0 aromatic heterocycles. The molecule has 1 saturated carbocycles. The van der Waals surface area contributed by atoms with E-state index >= 15 is 0 Å². The first-order valence-corrected chi connectivity index (χ1v) is 5.38. The van der Waals surface area contributed by atoms with E-state index in [0.717, 1.165) is 31.4 Å². The summed E-state index contributed by atoms with van der Waals surface area (Å²) >= 11 is 0. The molecule has 80 valence electrons. The summed E-state index contributed by atoms with van der Waals surface area (Å²) in [7, 11) is 0. The van der Waals surface area contributed by atoms with Crippen molar-refractivity contribution in [2.24, 2.45) is 5.92 Å². The minimum Gasteiger partial charge on any atom is -0.343 e. The van der Waals surface area contributed by atoms with Crippen LogP contribution in [-0.2, 0) is 9.63 Å². The SMILES string of the molecule is O=C(ONc1ccccc1)C1CCCC1. The summed E-state index contributed by atoms with van der Waals surface area (Å²) in [6.07, 6.45) is 4.22. The predicted octanol–water partition coefficient (Wildman–Crippen LogP) is 2.75. The Morgan fingerprint density at radius 3 is 2.53 bits per heavy atom. The average Bonchev–Trinajstić information content (AvgIpc) is 2.81. The average molecular weight is 205 g/mol. The summed E-state index contributed by atoms with van der Waals surface area (Å²) in [6, 6.07) is 9.44. The molecule has 0 saturated heterocycles. The molecule has 1 aliphatic rings. The molecule has 0 unspecified atom stereocenters. The Bertz CT molecular complexity index is 318. The molecule has 0 heterocycles. The molecule has 15 heavy (non-hydrogen) atoms. The van der Waals surface area contributed by atoms with Crippen molar-refractivity contribution in [3.05, 3.63) is 30.3 Å². The summed E-state index contributed by atoms with van der Waals surface area (Å²) in [5, 5.41) is 0. The van der Waals surface area contributed by atoms with Gasteiger partial charge in [-0.15, -0.1) is 0 Å². The van der Waals surface area contributed by atoms with E-state index in [0.29, 0.717) is 0 Å². The summed E-state index contributed by atoms with van der Waals surface area (Å²) in [5.41, 5.74) is 3.48. The zero-order valence-corrected chi connectivity index (χ0v) is 8.61. The Morgan fingerprint density at radius 2 is 1.87 bits per heavy atom. The Morgan fingerprint density at radius 1 is 1.20 bits per heavy atom. The number of anilines is 1. The zero-order valence-electron chi connectivity index (χ0n) is 8.61. The van der Waals surface area contributed by atoms with E-state index in [2.05, 4.69) is 5.48 Å². The maximum absolute atomic E-state index is 11.5. The maximum atomic E-state index is 11.5. The normalized spacial score (nSPS) is 16.3. The second-order valence-electron chi connectivity index (χ2n) is 3.87. The maximum Gasteiger partial charge on any atom is 0.335 e. The molecule has 0 bridgehead atoms. The highest BCUT2D eigenvalue weighted by Gasteiger charge is 2.24. The molecule has 3 nitrogen and oxygen atoms in total. The second-order valence-corrected chi connectivity index (χ2v) is 3.87. The van der Waals surface area contributed by atoms with Crippen LogP contribution >= 0.6 is 0 Å². The molecule has 3 heteroatoms. The summed E-state index contributed by atoms with van der Waals surface area (Å²) < 4.78 is 0. The van der Waals surface area contributed by atoms with Gasteiger partial charge in [0, 0.05) is 0 Å². The van der Waals surface area contributed by atoms with Crippen molar-refractivity contribution in [3.8, 4) is 0 Å². The topological polar surface area (TPSA) is 38.3 Å². The standard InChI is InChI=1S/C12H15NO2/c14-12(10-6-4-5-7-10)15-13-11-8-2-1-3-9-11/h1-3,8-10,13H,4-7H2. The number of para-hydroxylation sites is 1. The Kier molecular flexibility index (Phi) is 3.22. The minimum atomic E-state index is -0.128. The molecule has 1 N–H and O–H groups in total. The van der Waals surface area contributed by atoms with Crippen molar-refractivity contribution in [2.75, 3.05) is 5.48 Å². The quantitative estimate of drug-likeness (QED) is 0.771. The van der Waals surface area contributed by atoms with Crippen LogP contribution in [0.1, 0.15) is 25.7 Å². The van der Waals surface area contributed by atoms with E-state index in [1.54, 1.807) is 0 Å². The van der Waals surface area contributed by atoms with Gasteiger partial charge in [-0.3, -0.25) is 0 Å². The van der Waals surface area contributed by atoms with Crippen molar-refractivity contribution >= 4 is 11.7 Å². The summed E-state index contributed by atoms with van der Waals surface area (Å²) in [6.45, 7) is 0.